The SMILES string of the molecule is CC(C)CC(N=C1NS(=O)(=O)c2ccccc21)C(=O)NC1CCNCC1.Cl. The Kier molecular flexibility index (Phi) is 7.25. The van der Waals surface area contributed by atoms with Gasteiger partial charge < -0.3 is 10.6 Å². The summed E-state index contributed by atoms with van der Waals surface area (Å²) in [6, 6.07) is 6.23. The number of nitrogens with one attached hydrogen (secondary N) is 3. The average Bonchev–Trinajstić information content (AvgIpc) is 2.86. The second kappa shape index (κ2) is 9.03. The van der Waals surface area contributed by atoms with E-state index in [0.29, 0.717) is 12.0 Å². The minimum atomic E-state index is -3.60. The Hall–Kier alpha value is -1.64. The van der Waals surface area contributed by atoms with Crippen molar-refractivity contribution in [1.82, 2.24) is 15.4 Å². The largest absolute Gasteiger partial charge is 0.351 e. The van der Waals surface area contributed by atoms with E-state index < -0.39 is 16.1 Å². The van der Waals surface area contributed by atoms with Crippen LogP contribution in [0, 0.1) is 5.92 Å². The van der Waals surface area contributed by atoms with Gasteiger partial charge in [-0.25, -0.2) is 8.42 Å². The molecule has 1 amide bonds. The number of halogens is 1. The first-order valence-electron chi connectivity index (χ1n) is 9.08. The van der Waals surface area contributed by atoms with Crippen LogP contribution in [0.4, 0.5) is 0 Å². The van der Waals surface area contributed by atoms with Crippen molar-refractivity contribution in [2.45, 2.75) is 50.1 Å². The summed E-state index contributed by atoms with van der Waals surface area (Å²) in [5.41, 5.74) is 0.524. The van der Waals surface area contributed by atoms with E-state index in [9.17, 15) is 13.2 Å². The number of hydrogen-bond acceptors (Lipinski definition) is 5. The van der Waals surface area contributed by atoms with Crippen LogP contribution >= 0.6 is 12.4 Å². The van der Waals surface area contributed by atoms with Crippen LogP contribution in [0.2, 0.25) is 0 Å². The summed E-state index contributed by atoms with van der Waals surface area (Å²) in [4.78, 5) is 17.5. The molecule has 9 heteroatoms. The molecule has 1 fully saturated rings. The minimum absolute atomic E-state index is 0. The van der Waals surface area contributed by atoms with Gasteiger partial charge in [-0.2, -0.15) is 0 Å². The summed E-state index contributed by atoms with van der Waals surface area (Å²) < 4.78 is 27.0. The molecular weight excluding hydrogens is 388 g/mol. The van der Waals surface area contributed by atoms with Crippen molar-refractivity contribution in [3.63, 3.8) is 0 Å². The van der Waals surface area contributed by atoms with Gasteiger partial charge in [-0.15, -0.1) is 12.4 Å². The second-order valence-electron chi connectivity index (χ2n) is 7.26. The number of sulfonamides is 1. The summed E-state index contributed by atoms with van der Waals surface area (Å²) >= 11 is 0. The van der Waals surface area contributed by atoms with Crippen LogP contribution < -0.4 is 15.4 Å². The number of benzene rings is 1. The van der Waals surface area contributed by atoms with Gasteiger partial charge in [0.05, 0.1) is 4.90 Å². The quantitative estimate of drug-likeness (QED) is 0.678. The lowest BCUT2D eigenvalue weighted by Crippen LogP contribution is -2.46. The fourth-order valence-electron chi connectivity index (χ4n) is 3.31. The molecule has 1 aromatic carbocycles. The lowest BCUT2D eigenvalue weighted by atomic mass is 10.0. The number of hydrogen-bond donors (Lipinski definition) is 3. The van der Waals surface area contributed by atoms with Gasteiger partial charge in [0.15, 0.2) is 0 Å². The highest BCUT2D eigenvalue weighted by Crippen LogP contribution is 2.23. The van der Waals surface area contributed by atoms with E-state index in [1.54, 1.807) is 24.3 Å². The van der Waals surface area contributed by atoms with Crippen LogP contribution in [0.25, 0.3) is 0 Å². The third-order valence-corrected chi connectivity index (χ3v) is 6.03. The Balaban J connectivity index is 0.00000261. The predicted octanol–water partition coefficient (Wildman–Crippen LogP) is 1.43. The second-order valence-corrected chi connectivity index (χ2v) is 8.91. The zero-order valence-electron chi connectivity index (χ0n) is 15.6. The van der Waals surface area contributed by atoms with Gasteiger partial charge in [0.2, 0.25) is 5.91 Å². The molecule has 0 radical (unpaired) electrons. The smallest absolute Gasteiger partial charge is 0.263 e. The molecule has 0 spiro atoms. The molecule has 1 saturated heterocycles. The summed E-state index contributed by atoms with van der Waals surface area (Å²) in [5, 5.41) is 6.35. The van der Waals surface area contributed by atoms with Gasteiger partial charge in [0.25, 0.3) is 10.0 Å². The topological polar surface area (TPSA) is 99.7 Å². The van der Waals surface area contributed by atoms with Crippen molar-refractivity contribution in [3.05, 3.63) is 29.8 Å². The monoisotopic (exact) mass is 414 g/mol. The lowest BCUT2D eigenvalue weighted by Gasteiger charge is -2.25. The number of carbonyl (C=O) groups is 1. The molecule has 0 saturated carbocycles. The molecule has 3 rings (SSSR count). The highest BCUT2D eigenvalue weighted by atomic mass is 35.5. The van der Waals surface area contributed by atoms with E-state index in [0.717, 1.165) is 25.9 Å². The molecule has 3 N–H and O–H groups in total. The molecule has 1 aromatic rings. The number of nitrogens with zero attached hydrogens (tertiary/aromatic N) is 1. The van der Waals surface area contributed by atoms with Gasteiger partial charge in [-0.1, -0.05) is 26.0 Å². The normalized spacial score (nSPS) is 21.2. The summed E-state index contributed by atoms with van der Waals surface area (Å²) in [5.74, 6) is 0.379. The van der Waals surface area contributed by atoms with E-state index in [2.05, 4.69) is 20.3 Å². The van der Waals surface area contributed by atoms with Crippen LogP contribution in [0.15, 0.2) is 34.2 Å². The Morgan fingerprint density at radius 1 is 1.26 bits per heavy atom. The van der Waals surface area contributed by atoms with E-state index in [4.69, 9.17) is 0 Å². The third-order valence-electron chi connectivity index (χ3n) is 4.63. The first kappa shape index (κ1) is 21.7. The van der Waals surface area contributed by atoms with Crippen LogP contribution in [0.5, 0.6) is 0 Å². The highest BCUT2D eigenvalue weighted by Gasteiger charge is 2.32. The fourth-order valence-corrected chi connectivity index (χ4v) is 4.55. The Morgan fingerprint density at radius 3 is 2.59 bits per heavy atom. The molecule has 27 heavy (non-hydrogen) atoms. The Labute approximate surface area is 166 Å². The molecule has 1 atom stereocenters. The van der Waals surface area contributed by atoms with Gasteiger partial charge in [0.1, 0.15) is 11.9 Å². The maximum Gasteiger partial charge on any atom is 0.263 e. The number of amides is 1. The van der Waals surface area contributed by atoms with Crippen LogP contribution in [0.1, 0.15) is 38.7 Å². The molecule has 7 nitrogen and oxygen atoms in total. The number of carbonyl (C=O) groups excluding carboxylic acids is 1. The standard InChI is InChI=1S/C18H26N4O3S.ClH/c1-12(2)11-15(18(23)20-13-7-9-19-10-8-13)21-17-14-5-3-4-6-16(14)26(24,25)22-17;/h3-6,12-13,15,19H,7-11H2,1-2H3,(H,20,23)(H,21,22);1H. The van der Waals surface area contributed by atoms with E-state index in [1.807, 2.05) is 13.8 Å². The number of rotatable bonds is 5. The van der Waals surface area contributed by atoms with Crippen molar-refractivity contribution in [2.24, 2.45) is 10.9 Å². The maximum atomic E-state index is 12.8. The first-order chi connectivity index (χ1) is 12.4. The Morgan fingerprint density at radius 2 is 1.93 bits per heavy atom. The molecule has 1 unspecified atom stereocenters. The van der Waals surface area contributed by atoms with Gasteiger partial charge >= 0.3 is 0 Å². The van der Waals surface area contributed by atoms with E-state index in [1.165, 1.54) is 0 Å². The van der Waals surface area contributed by atoms with Gasteiger partial charge in [-0.05, 0) is 50.4 Å². The number of amidine groups is 1. The summed E-state index contributed by atoms with van der Waals surface area (Å²) in [6.45, 7) is 5.83. The predicted molar refractivity (Wildman–Crippen MR) is 108 cm³/mol. The number of piperidine rings is 1. The Bertz CT molecular complexity index is 805. The fraction of sp³-hybridized carbons (Fsp3) is 0.556. The van der Waals surface area contributed by atoms with Crippen molar-refractivity contribution >= 4 is 34.2 Å². The molecule has 2 aliphatic rings. The molecule has 2 aliphatic heterocycles. The maximum absolute atomic E-state index is 12.8. The number of fused-ring (bicyclic) bond motifs is 1. The highest BCUT2D eigenvalue weighted by molar-refractivity contribution is 7.90. The molecule has 0 aliphatic carbocycles. The van der Waals surface area contributed by atoms with Gasteiger partial charge in [-0.3, -0.25) is 14.5 Å². The molecule has 0 aromatic heterocycles. The van der Waals surface area contributed by atoms with E-state index in [-0.39, 0.29) is 41.0 Å². The average molecular weight is 415 g/mol. The molecule has 2 heterocycles. The summed E-state index contributed by atoms with van der Waals surface area (Å²) in [6.07, 6.45) is 2.35. The number of aliphatic imine (C=N–C) groups is 1. The lowest BCUT2D eigenvalue weighted by molar-refractivity contribution is -0.123. The summed E-state index contributed by atoms with van der Waals surface area (Å²) in [7, 11) is -3.60. The van der Waals surface area contributed by atoms with Crippen LogP contribution in [-0.4, -0.2) is 45.3 Å². The first-order valence-corrected chi connectivity index (χ1v) is 10.6. The molecule has 0 bridgehead atoms. The molecular formula is C18H27ClN4O3S. The minimum Gasteiger partial charge on any atom is -0.351 e. The third kappa shape index (κ3) is 5.21. The van der Waals surface area contributed by atoms with Crippen molar-refractivity contribution in [3.8, 4) is 0 Å². The van der Waals surface area contributed by atoms with Crippen molar-refractivity contribution in [2.75, 3.05) is 13.1 Å². The van der Waals surface area contributed by atoms with Gasteiger partial charge in [0, 0.05) is 11.6 Å². The van der Waals surface area contributed by atoms with Crippen molar-refractivity contribution < 1.29 is 13.2 Å². The van der Waals surface area contributed by atoms with Crippen LogP contribution in [-0.2, 0) is 14.8 Å². The van der Waals surface area contributed by atoms with Crippen molar-refractivity contribution in [1.29, 1.82) is 0 Å². The molecule has 150 valence electrons. The van der Waals surface area contributed by atoms with Crippen LogP contribution in [0.3, 0.4) is 0 Å². The zero-order chi connectivity index (χ0) is 18.7. The van der Waals surface area contributed by atoms with E-state index >= 15 is 0 Å². The zero-order valence-corrected chi connectivity index (χ0v) is 17.2.